The molecule has 0 aromatic heterocycles. The van der Waals surface area contributed by atoms with Crippen molar-refractivity contribution in [2.24, 2.45) is 5.73 Å². The molecule has 0 spiro atoms. The van der Waals surface area contributed by atoms with Gasteiger partial charge in [0, 0.05) is 30.5 Å². The Morgan fingerprint density at radius 1 is 1.25 bits per heavy atom. The lowest BCUT2D eigenvalue weighted by Gasteiger charge is -2.26. The third-order valence-electron chi connectivity index (χ3n) is 3.27. The Morgan fingerprint density at radius 3 is 3.00 bits per heavy atom. The predicted octanol–water partition coefficient (Wildman–Crippen LogP) is 1.81. The summed E-state index contributed by atoms with van der Waals surface area (Å²) in [6.07, 6.45) is 3.22. The molecule has 4 N–H and O–H groups in total. The molecular weight excluding hydrogens is 198 g/mol. The van der Waals surface area contributed by atoms with Crippen LogP contribution in [0.2, 0.25) is 0 Å². The Labute approximate surface area is 95.7 Å². The van der Waals surface area contributed by atoms with E-state index >= 15 is 0 Å². The maximum absolute atomic E-state index is 5.95. The van der Waals surface area contributed by atoms with Crippen molar-refractivity contribution in [3.05, 3.63) is 28.8 Å². The average Bonchev–Trinajstić information content (AvgIpc) is 2.26. The van der Waals surface area contributed by atoms with E-state index in [-0.39, 0.29) is 6.04 Å². The van der Waals surface area contributed by atoms with E-state index in [4.69, 9.17) is 5.73 Å². The first kappa shape index (κ1) is 9.73. The van der Waals surface area contributed by atoms with Crippen LogP contribution in [0.1, 0.15) is 18.1 Å². The van der Waals surface area contributed by atoms with E-state index in [1.165, 1.54) is 28.1 Å². The van der Waals surface area contributed by atoms with Gasteiger partial charge >= 0.3 is 0 Å². The number of anilines is 2. The number of fused-ring (bicyclic) bond motifs is 2. The van der Waals surface area contributed by atoms with Crippen LogP contribution in [-0.2, 0) is 6.42 Å². The monoisotopic (exact) mass is 215 g/mol. The van der Waals surface area contributed by atoms with E-state index < -0.39 is 0 Å². The number of hydrogen-bond donors (Lipinski definition) is 3. The highest BCUT2D eigenvalue weighted by Gasteiger charge is 2.18. The van der Waals surface area contributed by atoms with Gasteiger partial charge in [-0.15, -0.1) is 0 Å². The molecule has 0 aliphatic carbocycles. The number of nitrogens with one attached hydrogen (secondary N) is 2. The second kappa shape index (κ2) is 3.52. The summed E-state index contributed by atoms with van der Waals surface area (Å²) in [6.45, 7) is 3.98. The lowest BCUT2D eigenvalue weighted by Crippen LogP contribution is -2.35. The van der Waals surface area contributed by atoms with Crippen molar-refractivity contribution in [3.8, 4) is 0 Å². The van der Waals surface area contributed by atoms with Crippen molar-refractivity contribution in [2.75, 3.05) is 23.7 Å². The normalized spacial score (nSPS) is 22.4. The molecule has 2 heterocycles. The summed E-state index contributed by atoms with van der Waals surface area (Å²) < 4.78 is 0. The van der Waals surface area contributed by atoms with Gasteiger partial charge in [0.05, 0.1) is 0 Å². The first-order chi connectivity index (χ1) is 7.72. The highest BCUT2D eigenvalue weighted by atomic mass is 14.9. The van der Waals surface area contributed by atoms with Crippen LogP contribution in [0, 0.1) is 0 Å². The molecule has 0 saturated heterocycles. The third kappa shape index (κ3) is 1.57. The maximum atomic E-state index is 5.95. The topological polar surface area (TPSA) is 50.1 Å². The molecule has 84 valence electrons. The van der Waals surface area contributed by atoms with Crippen molar-refractivity contribution >= 4 is 17.5 Å². The molecule has 0 saturated carbocycles. The maximum Gasteiger partial charge on any atom is 0.0420 e. The van der Waals surface area contributed by atoms with E-state index in [1.54, 1.807) is 0 Å². The van der Waals surface area contributed by atoms with Crippen LogP contribution in [0.25, 0.3) is 6.08 Å². The molecule has 0 fully saturated rings. The largest absolute Gasteiger partial charge is 0.383 e. The van der Waals surface area contributed by atoms with Crippen molar-refractivity contribution in [1.82, 2.24) is 0 Å². The van der Waals surface area contributed by atoms with Crippen LogP contribution < -0.4 is 16.4 Å². The van der Waals surface area contributed by atoms with E-state index in [1.807, 2.05) is 0 Å². The van der Waals surface area contributed by atoms with Gasteiger partial charge in [-0.1, -0.05) is 11.6 Å². The number of nitrogens with two attached hydrogens (primary N) is 1. The average molecular weight is 215 g/mol. The van der Waals surface area contributed by atoms with E-state index in [0.29, 0.717) is 0 Å². The van der Waals surface area contributed by atoms with Crippen molar-refractivity contribution in [1.29, 1.82) is 0 Å². The van der Waals surface area contributed by atoms with E-state index in [2.05, 4.69) is 35.8 Å². The molecule has 16 heavy (non-hydrogen) atoms. The van der Waals surface area contributed by atoms with Gasteiger partial charge in [0.25, 0.3) is 0 Å². The summed E-state index contributed by atoms with van der Waals surface area (Å²) in [5.74, 6) is 0. The Kier molecular flexibility index (Phi) is 2.14. The Hall–Kier alpha value is -1.48. The highest BCUT2D eigenvalue weighted by Crippen LogP contribution is 2.32. The minimum absolute atomic E-state index is 0.242. The van der Waals surface area contributed by atoms with Gasteiger partial charge in [0.1, 0.15) is 0 Å². The SMILES string of the molecule is CC1=Cc2cc3c(cc2NC1)CC(N)CN3. The first-order valence-electron chi connectivity index (χ1n) is 5.80. The molecule has 2 aliphatic heterocycles. The van der Waals surface area contributed by atoms with Crippen LogP contribution in [0.15, 0.2) is 17.7 Å². The Balaban J connectivity index is 2.06. The zero-order chi connectivity index (χ0) is 11.1. The fourth-order valence-electron chi connectivity index (χ4n) is 2.41. The summed E-state index contributed by atoms with van der Waals surface area (Å²) >= 11 is 0. The Bertz CT molecular complexity index is 462. The molecule has 1 unspecified atom stereocenters. The van der Waals surface area contributed by atoms with Gasteiger partial charge in [-0.25, -0.2) is 0 Å². The van der Waals surface area contributed by atoms with Crippen LogP contribution >= 0.6 is 0 Å². The molecule has 1 atom stereocenters. The molecule has 1 aromatic rings. The molecule has 1 aromatic carbocycles. The Morgan fingerprint density at radius 2 is 2.12 bits per heavy atom. The van der Waals surface area contributed by atoms with Crippen LogP contribution in [0.4, 0.5) is 11.4 Å². The van der Waals surface area contributed by atoms with Gasteiger partial charge in [-0.05, 0) is 36.6 Å². The van der Waals surface area contributed by atoms with Gasteiger partial charge in [0.2, 0.25) is 0 Å². The molecule has 0 radical (unpaired) electrons. The summed E-state index contributed by atoms with van der Waals surface area (Å²) in [5.41, 5.74) is 12.4. The quantitative estimate of drug-likeness (QED) is 0.618. The highest BCUT2D eigenvalue weighted by molar-refractivity contribution is 5.77. The van der Waals surface area contributed by atoms with Crippen molar-refractivity contribution < 1.29 is 0 Å². The summed E-state index contributed by atoms with van der Waals surface area (Å²) in [4.78, 5) is 0. The second-order valence-corrected chi connectivity index (χ2v) is 4.79. The minimum atomic E-state index is 0.242. The number of rotatable bonds is 0. The first-order valence-corrected chi connectivity index (χ1v) is 5.80. The van der Waals surface area contributed by atoms with Gasteiger partial charge in [-0.3, -0.25) is 0 Å². The summed E-state index contributed by atoms with van der Waals surface area (Å²) in [7, 11) is 0. The molecule has 2 aliphatic rings. The van der Waals surface area contributed by atoms with Crippen LogP contribution in [-0.4, -0.2) is 19.1 Å². The standard InChI is InChI=1S/C13H17N3/c1-8-2-9-4-13-10(3-11(14)7-16-13)5-12(9)15-6-8/h2,4-5,11,15-16H,3,6-7,14H2,1H3. The summed E-state index contributed by atoms with van der Waals surface area (Å²) in [6, 6.07) is 4.71. The van der Waals surface area contributed by atoms with E-state index in [0.717, 1.165) is 19.5 Å². The molecule has 3 rings (SSSR count). The smallest absolute Gasteiger partial charge is 0.0420 e. The molecular formula is C13H17N3. The second-order valence-electron chi connectivity index (χ2n) is 4.79. The summed E-state index contributed by atoms with van der Waals surface area (Å²) in [5, 5.41) is 6.84. The molecule has 3 heteroatoms. The lowest BCUT2D eigenvalue weighted by atomic mass is 9.95. The zero-order valence-corrected chi connectivity index (χ0v) is 9.51. The van der Waals surface area contributed by atoms with Crippen LogP contribution in [0.5, 0.6) is 0 Å². The number of benzene rings is 1. The van der Waals surface area contributed by atoms with Crippen molar-refractivity contribution in [3.63, 3.8) is 0 Å². The molecule has 0 amide bonds. The lowest BCUT2D eigenvalue weighted by molar-refractivity contribution is 0.679. The van der Waals surface area contributed by atoms with Crippen LogP contribution in [0.3, 0.4) is 0 Å². The van der Waals surface area contributed by atoms with Gasteiger partial charge in [0.15, 0.2) is 0 Å². The predicted molar refractivity (Wildman–Crippen MR) is 68.8 cm³/mol. The van der Waals surface area contributed by atoms with E-state index in [9.17, 15) is 0 Å². The molecule has 0 bridgehead atoms. The molecule has 3 nitrogen and oxygen atoms in total. The zero-order valence-electron chi connectivity index (χ0n) is 9.51. The fraction of sp³-hybridized carbons (Fsp3) is 0.385. The minimum Gasteiger partial charge on any atom is -0.383 e. The van der Waals surface area contributed by atoms with Crippen molar-refractivity contribution in [2.45, 2.75) is 19.4 Å². The van der Waals surface area contributed by atoms with Gasteiger partial charge in [-0.2, -0.15) is 0 Å². The van der Waals surface area contributed by atoms with Gasteiger partial charge < -0.3 is 16.4 Å². The third-order valence-corrected chi connectivity index (χ3v) is 3.27. The number of hydrogen-bond acceptors (Lipinski definition) is 3. The fourth-order valence-corrected chi connectivity index (χ4v) is 2.41.